The van der Waals surface area contributed by atoms with Crippen LogP contribution in [0.5, 0.6) is 0 Å². The molecule has 1 atom stereocenters. The first-order valence-corrected chi connectivity index (χ1v) is 6.01. The highest BCUT2D eigenvalue weighted by Crippen LogP contribution is 2.15. The Bertz CT molecular complexity index is 339. The average Bonchev–Trinajstić information content (AvgIpc) is 2.21. The third-order valence-corrected chi connectivity index (χ3v) is 3.10. The van der Waals surface area contributed by atoms with E-state index >= 15 is 0 Å². The number of hydrogen-bond donors (Lipinski definition) is 2. The summed E-state index contributed by atoms with van der Waals surface area (Å²) >= 11 is 5.90. The molecule has 1 rings (SSSR count). The quantitative estimate of drug-likeness (QED) is 0.831. The molecule has 0 bridgehead atoms. The maximum Gasteiger partial charge on any atom is 0.0587 e. The van der Waals surface area contributed by atoms with Crippen molar-refractivity contribution >= 4 is 11.6 Å². The van der Waals surface area contributed by atoms with Crippen LogP contribution in [0.15, 0.2) is 18.2 Å². The molecule has 1 unspecified atom stereocenters. The van der Waals surface area contributed by atoms with E-state index in [0.717, 1.165) is 11.6 Å². The lowest BCUT2D eigenvalue weighted by Crippen LogP contribution is -2.36. The number of benzene rings is 1. The molecule has 2 N–H and O–H groups in total. The molecule has 1 aromatic carbocycles. The summed E-state index contributed by atoms with van der Waals surface area (Å²) in [6, 6.07) is 6.03. The molecule has 0 spiro atoms. The molecule has 16 heavy (non-hydrogen) atoms. The van der Waals surface area contributed by atoms with Crippen molar-refractivity contribution in [2.75, 3.05) is 6.61 Å². The summed E-state index contributed by atoms with van der Waals surface area (Å²) < 4.78 is 0. The minimum Gasteiger partial charge on any atom is -0.395 e. The summed E-state index contributed by atoms with van der Waals surface area (Å²) in [5.41, 5.74) is 2.41. The molecule has 1 aromatic rings. The van der Waals surface area contributed by atoms with Crippen molar-refractivity contribution in [2.24, 2.45) is 5.92 Å². The maximum atomic E-state index is 9.20. The molecular weight excluding hydrogens is 222 g/mol. The molecule has 0 amide bonds. The van der Waals surface area contributed by atoms with Gasteiger partial charge in [0.25, 0.3) is 0 Å². The second-order valence-electron chi connectivity index (χ2n) is 4.48. The van der Waals surface area contributed by atoms with Crippen molar-refractivity contribution in [3.8, 4) is 0 Å². The lowest BCUT2D eigenvalue weighted by Gasteiger charge is -2.20. The fraction of sp³-hybridized carbons (Fsp3) is 0.538. The van der Waals surface area contributed by atoms with Gasteiger partial charge in [0.1, 0.15) is 0 Å². The molecule has 0 saturated carbocycles. The van der Waals surface area contributed by atoms with Crippen LogP contribution in [-0.2, 0) is 6.54 Å². The Kier molecular flexibility index (Phi) is 5.26. The zero-order valence-electron chi connectivity index (χ0n) is 10.1. The summed E-state index contributed by atoms with van der Waals surface area (Å²) in [6.07, 6.45) is 0. The smallest absolute Gasteiger partial charge is 0.0587 e. The van der Waals surface area contributed by atoms with Crippen LogP contribution in [0.1, 0.15) is 25.0 Å². The van der Waals surface area contributed by atoms with Gasteiger partial charge in [0.15, 0.2) is 0 Å². The van der Waals surface area contributed by atoms with Gasteiger partial charge in [0, 0.05) is 17.6 Å². The van der Waals surface area contributed by atoms with Crippen molar-refractivity contribution < 1.29 is 5.11 Å². The van der Waals surface area contributed by atoms with Gasteiger partial charge in [-0.2, -0.15) is 0 Å². The lowest BCUT2D eigenvalue weighted by molar-refractivity contribution is 0.210. The van der Waals surface area contributed by atoms with E-state index in [1.165, 1.54) is 11.1 Å². The minimum absolute atomic E-state index is 0.148. The van der Waals surface area contributed by atoms with Gasteiger partial charge in [-0.15, -0.1) is 0 Å². The molecule has 0 heterocycles. The molecule has 3 heteroatoms. The first-order valence-electron chi connectivity index (χ1n) is 5.64. The second kappa shape index (κ2) is 6.24. The molecule has 2 nitrogen and oxygen atoms in total. The summed E-state index contributed by atoms with van der Waals surface area (Å²) in [5, 5.41) is 13.3. The van der Waals surface area contributed by atoms with E-state index in [9.17, 15) is 5.11 Å². The Morgan fingerprint density at radius 2 is 2.06 bits per heavy atom. The summed E-state index contributed by atoms with van der Waals surface area (Å²) in [7, 11) is 0. The van der Waals surface area contributed by atoms with Crippen LogP contribution < -0.4 is 5.32 Å². The van der Waals surface area contributed by atoms with Gasteiger partial charge in [-0.05, 0) is 36.1 Å². The zero-order chi connectivity index (χ0) is 12.1. The third-order valence-electron chi connectivity index (χ3n) is 2.86. The highest BCUT2D eigenvalue weighted by Gasteiger charge is 2.11. The number of halogens is 1. The van der Waals surface area contributed by atoms with Crippen molar-refractivity contribution in [3.63, 3.8) is 0 Å². The first-order chi connectivity index (χ1) is 7.54. The van der Waals surface area contributed by atoms with Gasteiger partial charge in [0.05, 0.1) is 6.61 Å². The van der Waals surface area contributed by atoms with E-state index in [0.29, 0.717) is 5.92 Å². The van der Waals surface area contributed by atoms with E-state index < -0.39 is 0 Å². The van der Waals surface area contributed by atoms with Crippen molar-refractivity contribution in [1.29, 1.82) is 0 Å². The van der Waals surface area contributed by atoms with Gasteiger partial charge in [-0.3, -0.25) is 0 Å². The van der Waals surface area contributed by atoms with Crippen LogP contribution in [0.25, 0.3) is 0 Å². The highest BCUT2D eigenvalue weighted by molar-refractivity contribution is 6.30. The largest absolute Gasteiger partial charge is 0.395 e. The fourth-order valence-corrected chi connectivity index (χ4v) is 1.84. The first kappa shape index (κ1) is 13.5. The van der Waals surface area contributed by atoms with Gasteiger partial charge < -0.3 is 10.4 Å². The van der Waals surface area contributed by atoms with E-state index in [2.05, 4.69) is 19.2 Å². The molecule has 0 aliphatic rings. The number of hydrogen-bond acceptors (Lipinski definition) is 2. The monoisotopic (exact) mass is 241 g/mol. The van der Waals surface area contributed by atoms with E-state index in [1.807, 2.05) is 25.1 Å². The standard InChI is InChI=1S/C13H20ClNO/c1-9(2)13(8-16)15-7-11-4-5-12(14)6-10(11)3/h4-6,9,13,15-16H,7-8H2,1-3H3. The van der Waals surface area contributed by atoms with E-state index in [4.69, 9.17) is 11.6 Å². The van der Waals surface area contributed by atoms with E-state index in [-0.39, 0.29) is 12.6 Å². The molecule has 0 radical (unpaired) electrons. The molecule has 0 aliphatic heterocycles. The summed E-state index contributed by atoms with van der Waals surface area (Å²) in [5.74, 6) is 0.428. The second-order valence-corrected chi connectivity index (χ2v) is 4.92. The van der Waals surface area contributed by atoms with E-state index in [1.54, 1.807) is 0 Å². The normalized spacial score (nSPS) is 13.1. The topological polar surface area (TPSA) is 32.3 Å². The van der Waals surface area contributed by atoms with Gasteiger partial charge in [-0.1, -0.05) is 31.5 Å². The van der Waals surface area contributed by atoms with Gasteiger partial charge in [0.2, 0.25) is 0 Å². The Morgan fingerprint density at radius 3 is 2.56 bits per heavy atom. The lowest BCUT2D eigenvalue weighted by atomic mass is 10.0. The van der Waals surface area contributed by atoms with Crippen molar-refractivity contribution in [1.82, 2.24) is 5.32 Å². The molecule has 0 aliphatic carbocycles. The zero-order valence-corrected chi connectivity index (χ0v) is 10.9. The molecule has 90 valence electrons. The number of aliphatic hydroxyl groups excluding tert-OH is 1. The molecular formula is C13H20ClNO. The third kappa shape index (κ3) is 3.78. The fourth-order valence-electron chi connectivity index (χ4n) is 1.61. The van der Waals surface area contributed by atoms with Crippen LogP contribution in [0, 0.1) is 12.8 Å². The SMILES string of the molecule is Cc1cc(Cl)ccc1CNC(CO)C(C)C. The number of rotatable bonds is 5. The van der Waals surface area contributed by atoms with Crippen molar-refractivity contribution in [3.05, 3.63) is 34.3 Å². The Hall–Kier alpha value is -0.570. The molecule has 0 fully saturated rings. The highest BCUT2D eigenvalue weighted by atomic mass is 35.5. The maximum absolute atomic E-state index is 9.20. The summed E-state index contributed by atoms with van der Waals surface area (Å²) in [4.78, 5) is 0. The van der Waals surface area contributed by atoms with Crippen LogP contribution in [0.3, 0.4) is 0 Å². The summed E-state index contributed by atoms with van der Waals surface area (Å²) in [6.45, 7) is 7.19. The van der Waals surface area contributed by atoms with Crippen LogP contribution >= 0.6 is 11.6 Å². The molecule has 0 aromatic heterocycles. The minimum atomic E-state index is 0.148. The van der Waals surface area contributed by atoms with Crippen LogP contribution in [0.2, 0.25) is 5.02 Å². The number of nitrogens with one attached hydrogen (secondary N) is 1. The van der Waals surface area contributed by atoms with Crippen molar-refractivity contribution in [2.45, 2.75) is 33.4 Å². The van der Waals surface area contributed by atoms with Crippen LogP contribution in [0.4, 0.5) is 0 Å². The predicted octanol–water partition coefficient (Wildman–Crippen LogP) is 2.75. The van der Waals surface area contributed by atoms with Gasteiger partial charge >= 0.3 is 0 Å². The average molecular weight is 242 g/mol. The Morgan fingerprint density at radius 1 is 1.38 bits per heavy atom. The Balaban J connectivity index is 2.60. The van der Waals surface area contributed by atoms with Crippen LogP contribution in [-0.4, -0.2) is 17.8 Å². The molecule has 0 saturated heterocycles. The Labute approximate surface area is 103 Å². The number of aliphatic hydroxyl groups is 1. The number of aryl methyl sites for hydroxylation is 1. The van der Waals surface area contributed by atoms with Gasteiger partial charge in [-0.25, -0.2) is 0 Å². The predicted molar refractivity (Wildman–Crippen MR) is 68.7 cm³/mol.